The van der Waals surface area contributed by atoms with Crippen LogP contribution in [0.25, 0.3) is 0 Å². The molecule has 1 aliphatic heterocycles. The molecule has 1 N–H and O–H groups in total. The Hall–Kier alpha value is -2.42. The lowest BCUT2D eigenvalue weighted by molar-refractivity contribution is -0.131. The molecule has 1 fully saturated rings. The predicted octanol–water partition coefficient (Wildman–Crippen LogP) is 3.14. The van der Waals surface area contributed by atoms with Gasteiger partial charge in [0, 0.05) is 38.1 Å². The van der Waals surface area contributed by atoms with Crippen molar-refractivity contribution in [1.29, 1.82) is 0 Å². The molecule has 9 heteroatoms. The van der Waals surface area contributed by atoms with Crippen LogP contribution in [0.4, 0.5) is 0 Å². The highest BCUT2D eigenvalue weighted by Crippen LogP contribution is 2.22. The van der Waals surface area contributed by atoms with Gasteiger partial charge in [0.1, 0.15) is 0 Å². The second kappa shape index (κ2) is 10.5. The molecule has 0 saturated carbocycles. The Balaban J connectivity index is 1.68. The summed E-state index contributed by atoms with van der Waals surface area (Å²) in [4.78, 5) is 26.6. The molecule has 32 heavy (non-hydrogen) atoms. The molecule has 7 nitrogen and oxygen atoms in total. The number of rotatable bonds is 6. The third kappa shape index (κ3) is 6.09. The minimum absolute atomic E-state index is 0.0892. The van der Waals surface area contributed by atoms with Gasteiger partial charge in [-0.3, -0.25) is 9.59 Å². The fourth-order valence-corrected chi connectivity index (χ4v) is 5.33. The summed E-state index contributed by atoms with van der Waals surface area (Å²) in [5, 5.41) is 3.40. The molecule has 1 aliphatic rings. The first-order valence-corrected chi connectivity index (χ1v) is 12.4. The van der Waals surface area contributed by atoms with Crippen LogP contribution in [0.1, 0.15) is 36.9 Å². The van der Waals surface area contributed by atoms with Crippen LogP contribution in [0.3, 0.4) is 0 Å². The molecule has 0 bridgehead atoms. The van der Waals surface area contributed by atoms with Crippen molar-refractivity contribution in [3.05, 3.63) is 64.7 Å². The van der Waals surface area contributed by atoms with Crippen molar-refractivity contribution < 1.29 is 18.0 Å². The van der Waals surface area contributed by atoms with E-state index in [0.717, 1.165) is 11.1 Å². The van der Waals surface area contributed by atoms with Gasteiger partial charge in [-0.2, -0.15) is 4.31 Å². The molecule has 0 spiro atoms. The second-order valence-corrected chi connectivity index (χ2v) is 10.3. The summed E-state index contributed by atoms with van der Waals surface area (Å²) in [6, 6.07) is 13.3. The summed E-state index contributed by atoms with van der Waals surface area (Å²) in [5.41, 5.74) is 1.78. The third-order valence-electron chi connectivity index (χ3n) is 5.49. The van der Waals surface area contributed by atoms with Gasteiger partial charge < -0.3 is 10.2 Å². The Kier molecular flexibility index (Phi) is 7.92. The van der Waals surface area contributed by atoms with E-state index in [-0.39, 0.29) is 29.7 Å². The average Bonchev–Trinajstić information content (AvgIpc) is 3.01. The van der Waals surface area contributed by atoms with E-state index in [9.17, 15) is 18.0 Å². The van der Waals surface area contributed by atoms with E-state index in [1.807, 2.05) is 6.92 Å². The SMILES string of the molecule is CC(=O)N[C@H](CC(=O)N1CCCN(S(=O)(=O)c2ccc(C)cc2)CC1)c1ccc(Cl)cc1. The van der Waals surface area contributed by atoms with Gasteiger partial charge in [-0.15, -0.1) is 0 Å². The van der Waals surface area contributed by atoms with E-state index < -0.39 is 16.1 Å². The molecule has 0 aromatic heterocycles. The van der Waals surface area contributed by atoms with Crippen LogP contribution in [0.5, 0.6) is 0 Å². The van der Waals surface area contributed by atoms with E-state index >= 15 is 0 Å². The number of halogens is 1. The maximum absolute atomic E-state index is 13.0. The molecule has 172 valence electrons. The number of hydrogen-bond donors (Lipinski definition) is 1. The molecule has 2 aromatic rings. The van der Waals surface area contributed by atoms with Crippen LogP contribution in [-0.4, -0.2) is 55.6 Å². The number of nitrogens with zero attached hydrogens (tertiary/aromatic N) is 2. The van der Waals surface area contributed by atoms with Crippen molar-refractivity contribution in [1.82, 2.24) is 14.5 Å². The lowest BCUT2D eigenvalue weighted by Crippen LogP contribution is -2.39. The first-order chi connectivity index (χ1) is 15.2. The second-order valence-electron chi connectivity index (χ2n) is 7.96. The maximum atomic E-state index is 13.0. The van der Waals surface area contributed by atoms with Crippen molar-refractivity contribution in [2.75, 3.05) is 26.2 Å². The molecule has 0 radical (unpaired) electrons. The number of amides is 2. The van der Waals surface area contributed by atoms with Gasteiger partial charge >= 0.3 is 0 Å². The first-order valence-electron chi connectivity index (χ1n) is 10.5. The smallest absolute Gasteiger partial charge is 0.243 e. The van der Waals surface area contributed by atoms with Crippen LogP contribution in [0.2, 0.25) is 5.02 Å². The summed E-state index contributed by atoms with van der Waals surface area (Å²) in [6.45, 7) is 4.67. The normalized spacial score (nSPS) is 16.3. The van der Waals surface area contributed by atoms with Gasteiger partial charge in [0.05, 0.1) is 17.4 Å². The van der Waals surface area contributed by atoms with Gasteiger partial charge in [-0.25, -0.2) is 8.42 Å². The number of benzene rings is 2. The average molecular weight is 478 g/mol. The Morgan fingerprint density at radius 1 is 1.00 bits per heavy atom. The van der Waals surface area contributed by atoms with Gasteiger partial charge in [-0.05, 0) is 43.2 Å². The summed E-state index contributed by atoms with van der Waals surface area (Å²) < 4.78 is 27.4. The molecule has 1 saturated heterocycles. The highest BCUT2D eigenvalue weighted by atomic mass is 35.5. The highest BCUT2D eigenvalue weighted by molar-refractivity contribution is 7.89. The van der Waals surface area contributed by atoms with Crippen molar-refractivity contribution in [3.63, 3.8) is 0 Å². The van der Waals surface area contributed by atoms with E-state index in [0.29, 0.717) is 31.1 Å². The monoisotopic (exact) mass is 477 g/mol. The van der Waals surface area contributed by atoms with E-state index in [1.165, 1.54) is 11.2 Å². The summed E-state index contributed by atoms with van der Waals surface area (Å²) in [6.07, 6.45) is 0.633. The summed E-state index contributed by atoms with van der Waals surface area (Å²) in [5.74, 6) is -0.364. The van der Waals surface area contributed by atoms with Gasteiger partial charge in [0.2, 0.25) is 21.8 Å². The van der Waals surface area contributed by atoms with Crippen LogP contribution in [-0.2, 0) is 19.6 Å². The fraction of sp³-hybridized carbons (Fsp3) is 0.391. The minimum Gasteiger partial charge on any atom is -0.349 e. The number of aryl methyl sites for hydroxylation is 1. The molecule has 2 amide bonds. The number of hydrogen-bond acceptors (Lipinski definition) is 4. The largest absolute Gasteiger partial charge is 0.349 e. The van der Waals surface area contributed by atoms with Crippen molar-refractivity contribution in [3.8, 4) is 0 Å². The molecular weight excluding hydrogens is 450 g/mol. The van der Waals surface area contributed by atoms with Gasteiger partial charge in [0.15, 0.2) is 0 Å². The molecular formula is C23H28ClN3O4S. The molecule has 3 rings (SSSR count). The van der Waals surface area contributed by atoms with Crippen LogP contribution in [0.15, 0.2) is 53.4 Å². The number of sulfonamides is 1. The standard InChI is InChI=1S/C23H28ClN3O4S/c1-17-4-10-21(11-5-17)32(30,31)27-13-3-12-26(14-15-27)23(29)16-22(25-18(2)28)19-6-8-20(24)9-7-19/h4-11,22H,3,12-16H2,1-2H3,(H,25,28)/t22-/m1/s1. The van der Waals surface area contributed by atoms with E-state index in [4.69, 9.17) is 11.6 Å². The van der Waals surface area contributed by atoms with Crippen LogP contribution in [0, 0.1) is 6.92 Å². The number of carbonyl (C=O) groups is 2. The number of nitrogens with one attached hydrogen (secondary N) is 1. The number of carbonyl (C=O) groups excluding carboxylic acids is 2. The zero-order valence-corrected chi connectivity index (χ0v) is 19.8. The quantitative estimate of drug-likeness (QED) is 0.692. The maximum Gasteiger partial charge on any atom is 0.243 e. The molecule has 0 aliphatic carbocycles. The topological polar surface area (TPSA) is 86.8 Å². The molecule has 1 atom stereocenters. The summed E-state index contributed by atoms with van der Waals surface area (Å²) >= 11 is 5.95. The Bertz CT molecular complexity index is 1060. The lowest BCUT2D eigenvalue weighted by Gasteiger charge is -2.25. The fourth-order valence-electron chi connectivity index (χ4n) is 3.74. The zero-order chi connectivity index (χ0) is 23.3. The molecule has 0 unspecified atom stereocenters. The Labute approximate surface area is 194 Å². The van der Waals surface area contributed by atoms with Crippen molar-refractivity contribution in [2.24, 2.45) is 0 Å². The van der Waals surface area contributed by atoms with E-state index in [2.05, 4.69) is 5.32 Å². The third-order valence-corrected chi connectivity index (χ3v) is 7.66. The summed E-state index contributed by atoms with van der Waals surface area (Å²) in [7, 11) is -3.61. The van der Waals surface area contributed by atoms with E-state index in [1.54, 1.807) is 53.4 Å². The van der Waals surface area contributed by atoms with Gasteiger partial charge in [0.25, 0.3) is 0 Å². The highest BCUT2D eigenvalue weighted by Gasteiger charge is 2.29. The molecule has 2 aromatic carbocycles. The van der Waals surface area contributed by atoms with Crippen molar-refractivity contribution >= 4 is 33.4 Å². The van der Waals surface area contributed by atoms with Gasteiger partial charge in [-0.1, -0.05) is 41.4 Å². The first kappa shape index (κ1) is 24.2. The minimum atomic E-state index is -3.61. The van der Waals surface area contributed by atoms with Crippen LogP contribution >= 0.6 is 11.6 Å². The van der Waals surface area contributed by atoms with Crippen LogP contribution < -0.4 is 5.32 Å². The Morgan fingerprint density at radius 2 is 1.66 bits per heavy atom. The Morgan fingerprint density at radius 3 is 2.28 bits per heavy atom. The predicted molar refractivity (Wildman–Crippen MR) is 124 cm³/mol. The zero-order valence-electron chi connectivity index (χ0n) is 18.3. The van der Waals surface area contributed by atoms with Crippen molar-refractivity contribution in [2.45, 2.75) is 37.6 Å². The molecule has 1 heterocycles. The lowest BCUT2D eigenvalue weighted by atomic mass is 10.0.